The van der Waals surface area contributed by atoms with E-state index >= 15 is 0 Å². The van der Waals surface area contributed by atoms with E-state index in [2.05, 4.69) is 51.4 Å². The maximum atomic E-state index is 11.9. The Bertz CT molecular complexity index is 2960. The van der Waals surface area contributed by atoms with E-state index < -0.39 is 56.5 Å². The van der Waals surface area contributed by atoms with Gasteiger partial charge >= 0.3 is 0 Å². The quantitative estimate of drug-likeness (QED) is 0.0252. The molecule has 24 nitrogen and oxygen atoms in total. The average Bonchev–Trinajstić information content (AvgIpc) is 3.19. The topological polar surface area (TPSA) is 360 Å². The molecule has 7 N–H and O–H groups in total. The van der Waals surface area contributed by atoms with Gasteiger partial charge in [0.05, 0.1) is 63.4 Å². The number of benzene rings is 4. The lowest BCUT2D eigenvalue weighted by Gasteiger charge is -2.16. The molecule has 1 unspecified atom stereocenters. The summed E-state index contributed by atoms with van der Waals surface area (Å²) in [7, 11) is -16.5. The first-order chi connectivity index (χ1) is 29.1. The summed E-state index contributed by atoms with van der Waals surface area (Å²) in [5.74, 6) is -0.974. The molecule has 4 aromatic carbocycles. The summed E-state index contributed by atoms with van der Waals surface area (Å²) in [6.45, 7) is 1.07. The van der Waals surface area contributed by atoms with E-state index in [0.717, 1.165) is 25.1 Å². The lowest BCUT2D eigenvalue weighted by molar-refractivity contribution is 0.310. The van der Waals surface area contributed by atoms with Crippen molar-refractivity contribution in [1.82, 2.24) is 15.0 Å². The first-order valence-electron chi connectivity index (χ1n) is 17.5. The SMILES string of the molecule is COc1cc(N=Nc2cccc(S(=O)(=O)O)c2)ccc1Nc1nc(Nc2ccc(N=Nc3cccc(S(=O)(=O)O)c3)cc2OCCCCS(=O)(=O)O)nc(NC(C)S(=O)(=O)O)n1. The number of nitrogens with zero attached hydrogens (tertiary/aromatic N) is 7. The molecule has 0 aliphatic carbocycles. The maximum Gasteiger partial charge on any atom is 0.294 e. The summed E-state index contributed by atoms with van der Waals surface area (Å²) >= 11 is 0. The van der Waals surface area contributed by atoms with Crippen LogP contribution in [-0.2, 0) is 40.5 Å². The number of ether oxygens (including phenoxy) is 2. The van der Waals surface area contributed by atoms with Gasteiger partial charge in [-0.15, -0.1) is 0 Å². The number of anilines is 5. The van der Waals surface area contributed by atoms with Crippen molar-refractivity contribution < 1.29 is 61.4 Å². The van der Waals surface area contributed by atoms with Crippen LogP contribution < -0.4 is 25.4 Å². The van der Waals surface area contributed by atoms with Crippen molar-refractivity contribution in [3.63, 3.8) is 0 Å². The number of nitrogens with one attached hydrogen (secondary N) is 3. The Balaban J connectivity index is 1.46. The molecule has 0 spiro atoms. The van der Waals surface area contributed by atoms with Gasteiger partial charge in [0.15, 0.2) is 5.37 Å². The number of methoxy groups -OCH3 is 1. The molecule has 28 heteroatoms. The van der Waals surface area contributed by atoms with Crippen LogP contribution in [0.3, 0.4) is 0 Å². The number of aromatic nitrogens is 3. The fourth-order valence-electron chi connectivity index (χ4n) is 4.90. The zero-order chi connectivity index (χ0) is 45.3. The van der Waals surface area contributed by atoms with E-state index in [-0.39, 0.29) is 87.8 Å². The van der Waals surface area contributed by atoms with Crippen molar-refractivity contribution in [1.29, 1.82) is 0 Å². The fraction of sp³-hybridized carbons (Fsp3) is 0.206. The lowest BCUT2D eigenvalue weighted by Crippen LogP contribution is -2.27. The third-order valence-electron chi connectivity index (χ3n) is 7.90. The van der Waals surface area contributed by atoms with Crippen LogP contribution in [0.25, 0.3) is 0 Å². The number of hydrogen-bond acceptors (Lipinski definition) is 20. The van der Waals surface area contributed by atoms with E-state index in [0.29, 0.717) is 0 Å². The minimum atomic E-state index is -4.64. The molecule has 5 rings (SSSR count). The molecule has 0 amide bonds. The molecule has 0 radical (unpaired) electrons. The Hall–Kier alpha value is -6.27. The van der Waals surface area contributed by atoms with Gasteiger partial charge < -0.3 is 25.4 Å². The maximum absolute atomic E-state index is 11.9. The van der Waals surface area contributed by atoms with Crippen LogP contribution >= 0.6 is 0 Å². The molecule has 5 aromatic rings. The highest BCUT2D eigenvalue weighted by Crippen LogP contribution is 2.35. The molecular formula is C34H36N10O14S4. The summed E-state index contributed by atoms with van der Waals surface area (Å²) < 4.78 is 141. The monoisotopic (exact) mass is 936 g/mol. The van der Waals surface area contributed by atoms with E-state index in [1.165, 1.54) is 73.8 Å². The number of unbranched alkanes of at least 4 members (excludes halogenated alkanes) is 1. The van der Waals surface area contributed by atoms with Crippen molar-refractivity contribution in [3.05, 3.63) is 84.9 Å². The Labute approximate surface area is 354 Å². The average molecular weight is 937 g/mol. The smallest absolute Gasteiger partial charge is 0.294 e. The molecule has 62 heavy (non-hydrogen) atoms. The Morgan fingerprint density at radius 3 is 1.50 bits per heavy atom. The number of azo groups is 2. The van der Waals surface area contributed by atoms with Gasteiger partial charge in [0.25, 0.3) is 40.5 Å². The Morgan fingerprint density at radius 2 is 1.05 bits per heavy atom. The molecule has 0 saturated carbocycles. The summed E-state index contributed by atoms with van der Waals surface area (Å²) in [6, 6.07) is 19.0. The van der Waals surface area contributed by atoms with Gasteiger partial charge in [0, 0.05) is 12.1 Å². The fourth-order valence-corrected chi connectivity index (χ4v) is 6.77. The lowest BCUT2D eigenvalue weighted by atomic mass is 10.2. The number of rotatable bonds is 20. The van der Waals surface area contributed by atoms with Crippen LogP contribution in [0, 0.1) is 0 Å². The van der Waals surface area contributed by atoms with E-state index in [4.69, 9.17) is 14.0 Å². The summed E-state index contributed by atoms with van der Waals surface area (Å²) in [6.07, 6.45) is 0.227. The molecule has 0 aliphatic rings. The molecule has 1 atom stereocenters. The zero-order valence-corrected chi connectivity index (χ0v) is 35.4. The second-order valence-electron chi connectivity index (χ2n) is 12.6. The van der Waals surface area contributed by atoms with Gasteiger partial charge in [0.1, 0.15) is 11.5 Å². The number of hydrogen-bond donors (Lipinski definition) is 7. The summed E-state index contributed by atoms with van der Waals surface area (Å²) in [5, 5.41) is 23.0. The Morgan fingerprint density at radius 1 is 0.597 bits per heavy atom. The van der Waals surface area contributed by atoms with E-state index in [1.807, 2.05) is 0 Å². The highest BCUT2D eigenvalue weighted by Gasteiger charge is 2.20. The van der Waals surface area contributed by atoms with Crippen LogP contribution in [0.2, 0.25) is 0 Å². The molecule has 0 fully saturated rings. The van der Waals surface area contributed by atoms with Crippen molar-refractivity contribution >= 4 is 92.4 Å². The van der Waals surface area contributed by atoms with Crippen molar-refractivity contribution in [2.75, 3.05) is 35.4 Å². The predicted octanol–water partition coefficient (Wildman–Crippen LogP) is 6.38. The normalized spacial score (nSPS) is 12.9. The first kappa shape index (κ1) is 46.8. The third-order valence-corrected chi connectivity index (χ3v) is 11.4. The van der Waals surface area contributed by atoms with Crippen LogP contribution in [0.1, 0.15) is 19.8 Å². The van der Waals surface area contributed by atoms with Gasteiger partial charge in [-0.05, 0) is 80.4 Å². The van der Waals surface area contributed by atoms with Crippen molar-refractivity contribution in [2.24, 2.45) is 20.5 Å². The zero-order valence-electron chi connectivity index (χ0n) is 32.1. The van der Waals surface area contributed by atoms with Crippen LogP contribution in [0.15, 0.2) is 115 Å². The standard InChI is InChI=1S/C34H36N10O14S4/c1-21(60(48,49)50)35-32-38-33(36-28-13-11-24(19-30(28)57-2)43-41-22-7-5-9-26(17-22)61(51,52)53)40-34(39-32)37-29-14-12-25(20-31(29)58-15-3-4-16-59(45,46)47)44-42-23-8-6-10-27(18-23)62(54,55)56/h5-14,17-21H,3-4,15-16H2,1-2H3,(H,45,46,47)(H,48,49,50)(H,51,52,53)(H,54,55,56)(H3,35,36,37,38,39,40). The van der Waals surface area contributed by atoms with Gasteiger partial charge in [-0.1, -0.05) is 12.1 Å². The second kappa shape index (κ2) is 19.6. The second-order valence-corrected chi connectivity index (χ2v) is 18.8. The molecule has 330 valence electrons. The molecular weight excluding hydrogens is 901 g/mol. The minimum Gasteiger partial charge on any atom is -0.494 e. The largest absolute Gasteiger partial charge is 0.494 e. The van der Waals surface area contributed by atoms with Crippen LogP contribution in [0.5, 0.6) is 11.5 Å². The van der Waals surface area contributed by atoms with Gasteiger partial charge in [-0.3, -0.25) is 18.2 Å². The highest BCUT2D eigenvalue weighted by atomic mass is 32.2. The van der Waals surface area contributed by atoms with Crippen LogP contribution in [0.4, 0.5) is 52.0 Å². The molecule has 1 heterocycles. The van der Waals surface area contributed by atoms with Crippen molar-refractivity contribution in [2.45, 2.75) is 34.9 Å². The van der Waals surface area contributed by atoms with Crippen LogP contribution in [-0.4, -0.2) is 91.7 Å². The van der Waals surface area contributed by atoms with Crippen molar-refractivity contribution in [3.8, 4) is 11.5 Å². The molecule has 0 aliphatic heterocycles. The summed E-state index contributed by atoms with van der Waals surface area (Å²) in [5.41, 5.74) is 1.10. The third kappa shape index (κ3) is 14.2. The van der Waals surface area contributed by atoms with E-state index in [1.54, 1.807) is 0 Å². The minimum absolute atomic E-state index is 0.0484. The predicted molar refractivity (Wildman–Crippen MR) is 222 cm³/mol. The summed E-state index contributed by atoms with van der Waals surface area (Å²) in [4.78, 5) is 12.0. The highest BCUT2D eigenvalue weighted by molar-refractivity contribution is 7.86. The Kier molecular flexibility index (Phi) is 14.8. The molecule has 0 saturated heterocycles. The molecule has 0 bridgehead atoms. The van der Waals surface area contributed by atoms with Gasteiger partial charge in [-0.2, -0.15) is 69.1 Å². The van der Waals surface area contributed by atoms with Gasteiger partial charge in [-0.25, -0.2) is 0 Å². The first-order valence-corrected chi connectivity index (χ1v) is 23.5. The van der Waals surface area contributed by atoms with E-state index in [9.17, 15) is 47.3 Å². The molecule has 1 aromatic heterocycles. The van der Waals surface area contributed by atoms with Gasteiger partial charge in [0.2, 0.25) is 17.8 Å².